The summed E-state index contributed by atoms with van der Waals surface area (Å²) in [4.78, 5) is 28.1. The predicted molar refractivity (Wildman–Crippen MR) is 108 cm³/mol. The van der Waals surface area contributed by atoms with Crippen LogP contribution in [0, 0.1) is 5.82 Å². The summed E-state index contributed by atoms with van der Waals surface area (Å²) in [6, 6.07) is 8.00. The van der Waals surface area contributed by atoms with Crippen molar-refractivity contribution in [1.29, 1.82) is 0 Å². The molecule has 2 aromatic rings. The zero-order valence-corrected chi connectivity index (χ0v) is 17.6. The third kappa shape index (κ3) is 4.74. The van der Waals surface area contributed by atoms with E-state index in [4.69, 9.17) is 0 Å². The number of rotatable bonds is 4. The van der Waals surface area contributed by atoms with Gasteiger partial charge in [0.15, 0.2) is 0 Å². The number of amides is 3. The molecule has 0 unspecified atom stereocenters. The molecule has 1 saturated heterocycles. The molecule has 11 heteroatoms. The van der Waals surface area contributed by atoms with Gasteiger partial charge in [-0.2, -0.15) is 0 Å². The summed E-state index contributed by atoms with van der Waals surface area (Å²) in [5.74, 6) is -0.611. The second-order valence-electron chi connectivity index (χ2n) is 6.62. The number of anilines is 1. The van der Waals surface area contributed by atoms with Crippen molar-refractivity contribution in [3.8, 4) is 0 Å². The number of nitrogens with one attached hydrogen (secondary N) is 1. The molecule has 3 amide bonds. The first-order valence-corrected chi connectivity index (χ1v) is 11.1. The van der Waals surface area contributed by atoms with E-state index < -0.39 is 15.8 Å². The fraction of sp³-hybridized carbons (Fsp3) is 0.333. The summed E-state index contributed by atoms with van der Waals surface area (Å²) >= 11 is 0.981. The maximum Gasteiger partial charge on any atom is 0.322 e. The number of nitrogens with zero attached hydrogens (tertiary/aromatic N) is 3. The van der Waals surface area contributed by atoms with E-state index in [1.165, 1.54) is 44.4 Å². The molecule has 2 heterocycles. The highest BCUT2D eigenvalue weighted by atomic mass is 32.2. The van der Waals surface area contributed by atoms with Crippen molar-refractivity contribution in [2.24, 2.45) is 0 Å². The summed E-state index contributed by atoms with van der Waals surface area (Å²) in [6.45, 7) is 1.39. The van der Waals surface area contributed by atoms with Gasteiger partial charge in [-0.3, -0.25) is 10.1 Å². The van der Waals surface area contributed by atoms with Crippen LogP contribution in [-0.4, -0.2) is 74.7 Å². The standard InChI is InChI=1S/C18H21FN4O4S2/c1-21(2)29(26,27)16-8-7-15(28-16)20-18(25)23-11-9-22(10-12-23)17(24)13-3-5-14(19)6-4-13/h3-8H,9-12H2,1-2H3,(H,20,25). The number of hydrogen-bond acceptors (Lipinski definition) is 5. The van der Waals surface area contributed by atoms with E-state index in [0.29, 0.717) is 36.7 Å². The number of urea groups is 1. The molecule has 1 fully saturated rings. The van der Waals surface area contributed by atoms with Crippen LogP contribution in [-0.2, 0) is 10.0 Å². The number of thiophene rings is 1. The minimum absolute atomic E-state index is 0.146. The van der Waals surface area contributed by atoms with Gasteiger partial charge in [0.1, 0.15) is 10.0 Å². The Kier molecular flexibility index (Phi) is 6.20. The summed E-state index contributed by atoms with van der Waals surface area (Å²) < 4.78 is 38.5. The van der Waals surface area contributed by atoms with E-state index in [0.717, 1.165) is 15.6 Å². The number of halogens is 1. The molecular formula is C18H21FN4O4S2. The quantitative estimate of drug-likeness (QED) is 0.789. The molecule has 0 saturated carbocycles. The molecule has 0 bridgehead atoms. The van der Waals surface area contributed by atoms with Crippen LogP contribution in [0.25, 0.3) is 0 Å². The first-order chi connectivity index (χ1) is 13.7. The monoisotopic (exact) mass is 440 g/mol. The van der Waals surface area contributed by atoms with Gasteiger partial charge in [-0.25, -0.2) is 21.9 Å². The van der Waals surface area contributed by atoms with Gasteiger partial charge in [0.05, 0.1) is 5.00 Å². The van der Waals surface area contributed by atoms with Gasteiger partial charge in [0, 0.05) is 45.8 Å². The second-order valence-corrected chi connectivity index (χ2v) is 10.1. The summed E-state index contributed by atoms with van der Waals surface area (Å²) in [5, 5.41) is 3.13. The van der Waals surface area contributed by atoms with Gasteiger partial charge < -0.3 is 9.80 Å². The average Bonchev–Trinajstić information content (AvgIpc) is 3.17. The van der Waals surface area contributed by atoms with Gasteiger partial charge in [0.25, 0.3) is 15.9 Å². The fourth-order valence-corrected chi connectivity index (χ4v) is 5.14. The Morgan fingerprint density at radius 2 is 1.59 bits per heavy atom. The Hall–Kier alpha value is -2.50. The van der Waals surface area contributed by atoms with E-state index in [-0.39, 0.29) is 16.1 Å². The predicted octanol–water partition coefficient (Wildman–Crippen LogP) is 2.13. The van der Waals surface area contributed by atoms with Crippen molar-refractivity contribution in [3.05, 3.63) is 47.8 Å². The Bertz CT molecular complexity index is 997. The summed E-state index contributed by atoms with van der Waals surface area (Å²) in [5.41, 5.74) is 0.400. The first-order valence-electron chi connectivity index (χ1n) is 8.81. The van der Waals surface area contributed by atoms with Crippen LogP contribution in [0.15, 0.2) is 40.6 Å². The molecule has 0 spiro atoms. The number of sulfonamides is 1. The topological polar surface area (TPSA) is 90.0 Å². The Morgan fingerprint density at radius 3 is 2.17 bits per heavy atom. The number of piperazine rings is 1. The largest absolute Gasteiger partial charge is 0.335 e. The lowest BCUT2D eigenvalue weighted by Gasteiger charge is -2.34. The molecule has 8 nitrogen and oxygen atoms in total. The zero-order chi connectivity index (χ0) is 21.2. The van der Waals surface area contributed by atoms with Crippen LogP contribution in [0.1, 0.15) is 10.4 Å². The van der Waals surface area contributed by atoms with Crippen molar-refractivity contribution in [2.75, 3.05) is 45.6 Å². The van der Waals surface area contributed by atoms with Gasteiger partial charge in [0.2, 0.25) is 0 Å². The normalized spacial score (nSPS) is 14.9. The highest BCUT2D eigenvalue weighted by molar-refractivity contribution is 7.91. The third-order valence-corrected chi connectivity index (χ3v) is 7.77. The van der Waals surface area contributed by atoms with Crippen molar-refractivity contribution in [1.82, 2.24) is 14.1 Å². The van der Waals surface area contributed by atoms with Crippen molar-refractivity contribution in [3.63, 3.8) is 0 Å². The Balaban J connectivity index is 1.56. The van der Waals surface area contributed by atoms with Crippen LogP contribution in [0.4, 0.5) is 14.2 Å². The summed E-state index contributed by atoms with van der Waals surface area (Å²) in [7, 11) is -0.654. The van der Waals surface area contributed by atoms with E-state index >= 15 is 0 Å². The van der Waals surface area contributed by atoms with E-state index in [1.54, 1.807) is 15.9 Å². The number of benzene rings is 1. The van der Waals surface area contributed by atoms with Crippen LogP contribution in [0.5, 0.6) is 0 Å². The van der Waals surface area contributed by atoms with Crippen LogP contribution in [0.3, 0.4) is 0 Å². The molecule has 1 N–H and O–H groups in total. The minimum atomic E-state index is -3.54. The lowest BCUT2D eigenvalue weighted by molar-refractivity contribution is 0.0671. The Labute approximate surface area is 172 Å². The second kappa shape index (κ2) is 8.47. The van der Waals surface area contributed by atoms with E-state index in [9.17, 15) is 22.4 Å². The molecule has 1 aromatic heterocycles. The molecule has 1 aromatic carbocycles. The van der Waals surface area contributed by atoms with Crippen LogP contribution >= 0.6 is 11.3 Å². The highest BCUT2D eigenvalue weighted by Crippen LogP contribution is 2.28. The maximum atomic E-state index is 13.0. The molecule has 0 aliphatic carbocycles. The third-order valence-electron chi connectivity index (χ3n) is 4.49. The van der Waals surface area contributed by atoms with Crippen molar-refractivity contribution in [2.45, 2.75) is 4.21 Å². The molecule has 1 aliphatic heterocycles. The van der Waals surface area contributed by atoms with Gasteiger partial charge in [-0.05, 0) is 36.4 Å². The SMILES string of the molecule is CN(C)S(=O)(=O)c1ccc(NC(=O)N2CCN(C(=O)c3ccc(F)cc3)CC2)s1. The maximum absolute atomic E-state index is 13.0. The smallest absolute Gasteiger partial charge is 0.322 e. The molecule has 1 aliphatic rings. The molecule has 29 heavy (non-hydrogen) atoms. The first kappa shape index (κ1) is 21.2. The van der Waals surface area contributed by atoms with Crippen molar-refractivity contribution >= 4 is 38.3 Å². The number of hydrogen-bond donors (Lipinski definition) is 1. The molecule has 0 atom stereocenters. The highest BCUT2D eigenvalue weighted by Gasteiger charge is 2.26. The molecule has 0 radical (unpaired) electrons. The fourth-order valence-electron chi connectivity index (χ4n) is 2.78. The Morgan fingerprint density at radius 1 is 1.00 bits per heavy atom. The zero-order valence-electron chi connectivity index (χ0n) is 16.0. The number of carbonyl (C=O) groups excluding carboxylic acids is 2. The lowest BCUT2D eigenvalue weighted by atomic mass is 10.2. The molecule has 3 rings (SSSR count). The molecule has 156 valence electrons. The van der Waals surface area contributed by atoms with Crippen molar-refractivity contribution < 1.29 is 22.4 Å². The van der Waals surface area contributed by atoms with Crippen LogP contribution < -0.4 is 5.32 Å². The minimum Gasteiger partial charge on any atom is -0.335 e. The number of carbonyl (C=O) groups is 2. The van der Waals surface area contributed by atoms with Gasteiger partial charge >= 0.3 is 6.03 Å². The van der Waals surface area contributed by atoms with E-state index in [1.807, 2.05) is 0 Å². The van der Waals surface area contributed by atoms with Crippen LogP contribution in [0.2, 0.25) is 0 Å². The lowest BCUT2D eigenvalue weighted by Crippen LogP contribution is -2.51. The van der Waals surface area contributed by atoms with Gasteiger partial charge in [-0.15, -0.1) is 11.3 Å². The average molecular weight is 441 g/mol. The van der Waals surface area contributed by atoms with Gasteiger partial charge in [-0.1, -0.05) is 0 Å². The molecular weight excluding hydrogens is 419 g/mol. The van der Waals surface area contributed by atoms with E-state index in [2.05, 4.69) is 5.32 Å². The summed E-state index contributed by atoms with van der Waals surface area (Å²) in [6.07, 6.45) is 0.